The van der Waals surface area contributed by atoms with Gasteiger partial charge in [-0.1, -0.05) is 0 Å². The Balaban J connectivity index is 1.94. The molecule has 0 spiro atoms. The quantitative estimate of drug-likeness (QED) is 0.765. The molecule has 5 nitrogen and oxygen atoms in total. The Morgan fingerprint density at radius 1 is 1.62 bits per heavy atom. The number of rotatable bonds is 4. The van der Waals surface area contributed by atoms with E-state index in [2.05, 4.69) is 0 Å². The Labute approximate surface area is 94.4 Å². The smallest absolute Gasteiger partial charge is 0.303 e. The van der Waals surface area contributed by atoms with Gasteiger partial charge in [0, 0.05) is 19.0 Å². The molecule has 0 radical (unpaired) electrons. The summed E-state index contributed by atoms with van der Waals surface area (Å²) in [7, 11) is 0. The maximum atomic E-state index is 11.6. The Morgan fingerprint density at radius 2 is 2.31 bits per heavy atom. The molecule has 16 heavy (non-hydrogen) atoms. The third-order valence-electron chi connectivity index (χ3n) is 3.22. The highest BCUT2D eigenvalue weighted by atomic mass is 16.5. The van der Waals surface area contributed by atoms with Gasteiger partial charge in [0.2, 0.25) is 5.91 Å². The molecule has 1 unspecified atom stereocenters. The molecule has 0 aromatic heterocycles. The number of carboxylic acid groups (broad SMARTS) is 1. The van der Waals surface area contributed by atoms with Crippen molar-refractivity contribution in [2.24, 2.45) is 0 Å². The molecule has 1 aliphatic heterocycles. The van der Waals surface area contributed by atoms with Gasteiger partial charge in [-0.15, -0.1) is 0 Å². The lowest BCUT2D eigenvalue weighted by molar-refractivity contribution is -0.164. The number of hydrogen-bond donors (Lipinski definition) is 1. The zero-order chi connectivity index (χ0) is 11.8. The van der Waals surface area contributed by atoms with Gasteiger partial charge in [0.1, 0.15) is 6.61 Å². The number of morpholine rings is 1. The van der Waals surface area contributed by atoms with Gasteiger partial charge in [-0.3, -0.25) is 9.59 Å². The number of carboxylic acids is 1. The van der Waals surface area contributed by atoms with Crippen LogP contribution in [0.2, 0.25) is 0 Å². The first-order valence-corrected chi connectivity index (χ1v) is 5.65. The first-order chi connectivity index (χ1) is 7.50. The molecule has 1 atom stereocenters. The van der Waals surface area contributed by atoms with Crippen molar-refractivity contribution in [3.8, 4) is 0 Å². The summed E-state index contributed by atoms with van der Waals surface area (Å²) in [6.07, 6.45) is 2.68. The van der Waals surface area contributed by atoms with E-state index in [1.54, 1.807) is 0 Å². The van der Waals surface area contributed by atoms with E-state index in [0.717, 1.165) is 12.8 Å². The van der Waals surface area contributed by atoms with Crippen molar-refractivity contribution in [3.63, 3.8) is 0 Å². The lowest BCUT2D eigenvalue weighted by Crippen LogP contribution is -2.54. The minimum atomic E-state index is -0.820. The Kier molecular flexibility index (Phi) is 2.88. The standard InChI is InChI=1S/C11H17NO4/c1-11(5-4-10(14)15)7-12(8-2-3-8)9(13)6-16-11/h8H,2-7H2,1H3,(H,14,15). The molecule has 2 aliphatic rings. The second kappa shape index (κ2) is 4.05. The Hall–Kier alpha value is -1.10. The predicted molar refractivity (Wildman–Crippen MR) is 56.0 cm³/mol. The molecule has 1 N–H and O–H groups in total. The molecule has 1 heterocycles. The van der Waals surface area contributed by atoms with Crippen molar-refractivity contribution in [1.82, 2.24) is 4.90 Å². The molecule has 90 valence electrons. The minimum absolute atomic E-state index is 0.0373. The molecule has 0 aromatic rings. The fourth-order valence-corrected chi connectivity index (χ4v) is 2.05. The molecular weight excluding hydrogens is 210 g/mol. The molecule has 5 heteroatoms. The van der Waals surface area contributed by atoms with Crippen molar-refractivity contribution in [1.29, 1.82) is 0 Å². The largest absolute Gasteiger partial charge is 0.481 e. The van der Waals surface area contributed by atoms with Gasteiger partial charge in [-0.25, -0.2) is 0 Å². The van der Waals surface area contributed by atoms with Crippen LogP contribution in [0, 0.1) is 0 Å². The van der Waals surface area contributed by atoms with Crippen molar-refractivity contribution in [3.05, 3.63) is 0 Å². The number of amides is 1. The van der Waals surface area contributed by atoms with Gasteiger partial charge < -0.3 is 14.7 Å². The number of ether oxygens (including phenoxy) is 1. The number of carbonyl (C=O) groups excluding carboxylic acids is 1. The summed E-state index contributed by atoms with van der Waals surface area (Å²) in [5, 5.41) is 8.66. The topological polar surface area (TPSA) is 66.8 Å². The maximum Gasteiger partial charge on any atom is 0.303 e. The fraction of sp³-hybridized carbons (Fsp3) is 0.818. The van der Waals surface area contributed by atoms with Gasteiger partial charge in [0.15, 0.2) is 0 Å². The number of aliphatic carboxylic acids is 1. The maximum absolute atomic E-state index is 11.6. The van der Waals surface area contributed by atoms with E-state index in [9.17, 15) is 9.59 Å². The van der Waals surface area contributed by atoms with E-state index < -0.39 is 11.6 Å². The Bertz CT molecular complexity index is 313. The van der Waals surface area contributed by atoms with Crippen LogP contribution in [0.4, 0.5) is 0 Å². The molecule has 2 rings (SSSR count). The van der Waals surface area contributed by atoms with Crippen LogP contribution in [0.1, 0.15) is 32.6 Å². The van der Waals surface area contributed by atoms with Crippen LogP contribution in [0.15, 0.2) is 0 Å². The van der Waals surface area contributed by atoms with Gasteiger partial charge in [-0.2, -0.15) is 0 Å². The minimum Gasteiger partial charge on any atom is -0.481 e. The van der Waals surface area contributed by atoms with Crippen LogP contribution in [0.25, 0.3) is 0 Å². The van der Waals surface area contributed by atoms with Crippen LogP contribution < -0.4 is 0 Å². The molecule has 2 fully saturated rings. The second-order valence-corrected chi connectivity index (χ2v) is 4.89. The average molecular weight is 227 g/mol. The van der Waals surface area contributed by atoms with Crippen LogP contribution in [-0.2, 0) is 14.3 Å². The van der Waals surface area contributed by atoms with Gasteiger partial charge in [-0.05, 0) is 26.2 Å². The van der Waals surface area contributed by atoms with E-state index in [0.29, 0.717) is 19.0 Å². The molecule has 1 saturated heterocycles. The van der Waals surface area contributed by atoms with Crippen LogP contribution in [0.3, 0.4) is 0 Å². The monoisotopic (exact) mass is 227 g/mol. The first-order valence-electron chi connectivity index (χ1n) is 5.65. The summed E-state index contributed by atoms with van der Waals surface area (Å²) in [5.41, 5.74) is -0.491. The van der Waals surface area contributed by atoms with Crippen LogP contribution in [0.5, 0.6) is 0 Å². The lowest BCUT2D eigenvalue weighted by atomic mass is 9.97. The summed E-state index contributed by atoms with van der Waals surface area (Å²) >= 11 is 0. The van der Waals surface area contributed by atoms with E-state index in [4.69, 9.17) is 9.84 Å². The van der Waals surface area contributed by atoms with E-state index in [-0.39, 0.29) is 18.9 Å². The SMILES string of the molecule is CC1(CCC(=O)O)CN(C2CC2)C(=O)CO1. The van der Waals surface area contributed by atoms with Gasteiger partial charge >= 0.3 is 5.97 Å². The zero-order valence-electron chi connectivity index (χ0n) is 9.44. The number of nitrogens with zero attached hydrogens (tertiary/aromatic N) is 1. The normalized spacial score (nSPS) is 30.6. The van der Waals surface area contributed by atoms with Gasteiger partial charge in [0.25, 0.3) is 0 Å². The van der Waals surface area contributed by atoms with Gasteiger partial charge in [0.05, 0.1) is 5.60 Å². The fourth-order valence-electron chi connectivity index (χ4n) is 2.05. The van der Waals surface area contributed by atoms with Crippen molar-refractivity contribution < 1.29 is 19.4 Å². The Morgan fingerprint density at radius 3 is 2.88 bits per heavy atom. The summed E-state index contributed by atoms with van der Waals surface area (Å²) in [6, 6.07) is 0.376. The number of carbonyl (C=O) groups is 2. The number of hydrogen-bond acceptors (Lipinski definition) is 3. The molecular formula is C11H17NO4. The second-order valence-electron chi connectivity index (χ2n) is 4.89. The van der Waals surface area contributed by atoms with Crippen molar-refractivity contribution in [2.75, 3.05) is 13.2 Å². The highest BCUT2D eigenvalue weighted by Gasteiger charge is 2.42. The molecule has 1 saturated carbocycles. The zero-order valence-corrected chi connectivity index (χ0v) is 9.44. The van der Waals surface area contributed by atoms with E-state index in [1.807, 2.05) is 11.8 Å². The molecule has 1 amide bonds. The first kappa shape index (κ1) is 11.4. The van der Waals surface area contributed by atoms with Crippen molar-refractivity contribution >= 4 is 11.9 Å². The summed E-state index contributed by atoms with van der Waals surface area (Å²) in [4.78, 5) is 24.0. The van der Waals surface area contributed by atoms with Crippen molar-refractivity contribution in [2.45, 2.75) is 44.2 Å². The van der Waals surface area contributed by atoms with E-state index >= 15 is 0 Å². The molecule has 1 aliphatic carbocycles. The summed E-state index contributed by atoms with van der Waals surface area (Å²) < 4.78 is 5.48. The highest BCUT2D eigenvalue weighted by molar-refractivity contribution is 5.79. The van der Waals surface area contributed by atoms with E-state index in [1.165, 1.54) is 0 Å². The lowest BCUT2D eigenvalue weighted by Gasteiger charge is -2.40. The highest BCUT2D eigenvalue weighted by Crippen LogP contribution is 2.33. The van der Waals surface area contributed by atoms with Crippen LogP contribution >= 0.6 is 0 Å². The third kappa shape index (κ3) is 2.52. The predicted octanol–water partition coefficient (Wildman–Crippen LogP) is 0.631. The molecule has 0 bridgehead atoms. The van der Waals surface area contributed by atoms with Crippen LogP contribution in [-0.4, -0.2) is 46.7 Å². The average Bonchev–Trinajstić information content (AvgIpc) is 3.03. The third-order valence-corrected chi connectivity index (χ3v) is 3.22. The summed E-state index contributed by atoms with van der Waals surface area (Å²) in [6.45, 7) is 2.51. The molecule has 0 aromatic carbocycles. The summed E-state index contributed by atoms with van der Waals surface area (Å²) in [5.74, 6) is -0.782.